The predicted molar refractivity (Wildman–Crippen MR) is 106 cm³/mol. The van der Waals surface area contributed by atoms with Gasteiger partial charge in [0.05, 0.1) is 11.0 Å². The summed E-state index contributed by atoms with van der Waals surface area (Å²) in [5.41, 5.74) is 1.65. The van der Waals surface area contributed by atoms with E-state index in [0.717, 1.165) is 50.3 Å². The van der Waals surface area contributed by atoms with Crippen molar-refractivity contribution in [1.29, 1.82) is 0 Å². The van der Waals surface area contributed by atoms with Crippen LogP contribution in [0.3, 0.4) is 0 Å². The number of aliphatic hydroxyl groups is 1. The zero-order valence-electron chi connectivity index (χ0n) is 15.8. The van der Waals surface area contributed by atoms with E-state index in [0.29, 0.717) is 0 Å². The maximum absolute atomic E-state index is 12.8. The van der Waals surface area contributed by atoms with Gasteiger partial charge in [0.1, 0.15) is 0 Å². The van der Waals surface area contributed by atoms with E-state index in [1.165, 1.54) is 55.4 Å². The quantitative estimate of drug-likeness (QED) is 0.828. The molecular formula is C21H32N2O2S. The van der Waals surface area contributed by atoms with Crippen LogP contribution >= 0.6 is 11.3 Å². The number of carbonyl (C=O) groups excluding carboxylic acids is 1. The molecule has 1 aromatic rings. The lowest BCUT2D eigenvalue weighted by Gasteiger charge is -2.44. The van der Waals surface area contributed by atoms with Crippen LogP contribution < -0.4 is 5.32 Å². The third-order valence-corrected chi connectivity index (χ3v) is 7.80. The summed E-state index contributed by atoms with van der Waals surface area (Å²) < 4.78 is 0. The molecule has 1 saturated heterocycles. The van der Waals surface area contributed by atoms with Gasteiger partial charge in [-0.1, -0.05) is 19.3 Å². The van der Waals surface area contributed by atoms with Crippen LogP contribution in [0.15, 0.2) is 6.07 Å². The van der Waals surface area contributed by atoms with Crippen LogP contribution in [0, 0.1) is 5.41 Å². The van der Waals surface area contributed by atoms with Crippen LogP contribution in [0.4, 0.5) is 0 Å². The van der Waals surface area contributed by atoms with E-state index in [9.17, 15) is 9.90 Å². The smallest absolute Gasteiger partial charge is 0.261 e. The molecule has 144 valence electrons. The van der Waals surface area contributed by atoms with Gasteiger partial charge >= 0.3 is 0 Å². The van der Waals surface area contributed by atoms with Gasteiger partial charge in [-0.25, -0.2) is 0 Å². The molecule has 0 spiro atoms. The first kappa shape index (κ1) is 18.5. The number of carbonyl (C=O) groups is 1. The average molecular weight is 377 g/mol. The third-order valence-electron chi connectivity index (χ3n) is 6.57. The number of aryl methyl sites for hydroxylation is 2. The minimum atomic E-state index is -0.160. The van der Waals surface area contributed by atoms with E-state index in [1.54, 1.807) is 11.3 Å². The zero-order valence-corrected chi connectivity index (χ0v) is 16.6. The number of hydrogen-bond acceptors (Lipinski definition) is 4. The van der Waals surface area contributed by atoms with Crippen molar-refractivity contribution < 1.29 is 9.90 Å². The lowest BCUT2D eigenvalue weighted by molar-refractivity contribution is 0.0630. The molecule has 2 heterocycles. The highest BCUT2D eigenvalue weighted by Gasteiger charge is 2.40. The first-order valence-corrected chi connectivity index (χ1v) is 11.3. The topological polar surface area (TPSA) is 52.6 Å². The number of nitrogens with zero attached hydrogens (tertiary/aromatic N) is 1. The summed E-state index contributed by atoms with van der Waals surface area (Å²) in [5.74, 6) is 0.120. The number of aliphatic hydroxyl groups excluding tert-OH is 1. The number of hydrogen-bond donors (Lipinski definition) is 2. The number of likely N-dealkylation sites (tertiary alicyclic amines) is 1. The summed E-state index contributed by atoms with van der Waals surface area (Å²) >= 11 is 1.72. The average Bonchev–Trinajstić information content (AvgIpc) is 3.15. The monoisotopic (exact) mass is 376 g/mol. The second-order valence-electron chi connectivity index (χ2n) is 8.69. The fourth-order valence-electron chi connectivity index (χ4n) is 4.81. The Morgan fingerprint density at radius 3 is 2.73 bits per heavy atom. The van der Waals surface area contributed by atoms with E-state index in [-0.39, 0.29) is 17.4 Å². The summed E-state index contributed by atoms with van der Waals surface area (Å²) in [6.07, 6.45) is 11.8. The molecule has 2 fully saturated rings. The number of rotatable bonds is 5. The van der Waals surface area contributed by atoms with Crippen molar-refractivity contribution in [2.24, 2.45) is 5.41 Å². The van der Waals surface area contributed by atoms with Gasteiger partial charge in [0.25, 0.3) is 5.91 Å². The molecule has 26 heavy (non-hydrogen) atoms. The minimum Gasteiger partial charge on any atom is -0.392 e. The Morgan fingerprint density at radius 1 is 1.23 bits per heavy atom. The molecule has 1 unspecified atom stereocenters. The molecule has 3 aliphatic rings. The van der Waals surface area contributed by atoms with Gasteiger partial charge < -0.3 is 15.3 Å². The van der Waals surface area contributed by atoms with E-state index in [2.05, 4.69) is 16.3 Å². The fraction of sp³-hybridized carbons (Fsp3) is 0.762. The minimum absolute atomic E-state index is 0.120. The normalized spacial score (nSPS) is 25.8. The van der Waals surface area contributed by atoms with Gasteiger partial charge in [-0.2, -0.15) is 0 Å². The van der Waals surface area contributed by atoms with Crippen molar-refractivity contribution in [3.8, 4) is 0 Å². The van der Waals surface area contributed by atoms with Crippen molar-refractivity contribution in [3.05, 3.63) is 21.4 Å². The maximum atomic E-state index is 12.8. The Hall–Kier alpha value is -0.910. The Morgan fingerprint density at radius 2 is 2.04 bits per heavy atom. The molecule has 4 nitrogen and oxygen atoms in total. The van der Waals surface area contributed by atoms with E-state index < -0.39 is 0 Å². The van der Waals surface area contributed by atoms with Crippen molar-refractivity contribution in [2.45, 2.75) is 70.3 Å². The SMILES string of the molecule is O=C(NCC1(CN2CCC(O)C2)CCC1)c1cc2c(s1)CCCCCC2. The molecule has 2 aliphatic carbocycles. The van der Waals surface area contributed by atoms with Gasteiger partial charge in [0.2, 0.25) is 0 Å². The first-order chi connectivity index (χ1) is 12.6. The van der Waals surface area contributed by atoms with Gasteiger partial charge in [0, 0.05) is 36.5 Å². The molecule has 4 rings (SSSR count). The van der Waals surface area contributed by atoms with Crippen molar-refractivity contribution in [1.82, 2.24) is 10.2 Å². The molecule has 0 aromatic carbocycles. The standard InChI is InChI=1S/C21H32N2O2S/c24-17-8-11-23(13-17)15-21(9-5-10-21)14-22-20(25)19-12-16-6-3-1-2-4-7-18(16)26-19/h12,17,24H,1-11,13-15H2,(H,22,25). The second-order valence-corrected chi connectivity index (χ2v) is 9.82. The largest absolute Gasteiger partial charge is 0.392 e. The van der Waals surface area contributed by atoms with Gasteiger partial charge in [-0.3, -0.25) is 4.79 Å². The molecule has 2 N–H and O–H groups in total. The Labute approximate surface area is 161 Å². The molecule has 5 heteroatoms. The summed E-state index contributed by atoms with van der Waals surface area (Å²) in [6, 6.07) is 2.16. The van der Waals surface area contributed by atoms with E-state index in [1.807, 2.05) is 0 Å². The maximum Gasteiger partial charge on any atom is 0.261 e. The summed E-state index contributed by atoms with van der Waals surface area (Å²) in [6.45, 7) is 3.59. The van der Waals surface area contributed by atoms with Crippen LogP contribution in [0.2, 0.25) is 0 Å². The van der Waals surface area contributed by atoms with Gasteiger partial charge in [-0.15, -0.1) is 11.3 Å². The van der Waals surface area contributed by atoms with E-state index in [4.69, 9.17) is 0 Å². The molecule has 0 bridgehead atoms. The molecular weight excluding hydrogens is 344 g/mol. The summed E-state index contributed by atoms with van der Waals surface area (Å²) in [7, 11) is 0. The van der Waals surface area contributed by atoms with Crippen LogP contribution in [0.1, 0.15) is 71.5 Å². The zero-order chi connectivity index (χ0) is 18.0. The van der Waals surface area contributed by atoms with Gasteiger partial charge in [-0.05, 0) is 56.6 Å². The van der Waals surface area contributed by atoms with Crippen LogP contribution in [0.5, 0.6) is 0 Å². The number of fused-ring (bicyclic) bond motifs is 1. The lowest BCUT2D eigenvalue weighted by atomic mass is 9.68. The van der Waals surface area contributed by atoms with E-state index >= 15 is 0 Å². The van der Waals surface area contributed by atoms with Crippen molar-refractivity contribution >= 4 is 17.2 Å². The lowest BCUT2D eigenvalue weighted by Crippen LogP contribution is -2.49. The molecule has 1 atom stereocenters. The predicted octanol–water partition coefficient (Wildman–Crippen LogP) is 3.37. The second kappa shape index (κ2) is 7.99. The number of nitrogens with one attached hydrogen (secondary N) is 1. The van der Waals surface area contributed by atoms with Crippen LogP contribution in [-0.4, -0.2) is 48.2 Å². The Bertz CT molecular complexity index is 612. The molecule has 1 aromatic heterocycles. The summed E-state index contributed by atoms with van der Waals surface area (Å²) in [5, 5.41) is 13.0. The molecule has 1 aliphatic heterocycles. The fourth-order valence-corrected chi connectivity index (χ4v) is 5.98. The highest BCUT2D eigenvalue weighted by atomic mass is 32.1. The molecule has 0 radical (unpaired) electrons. The first-order valence-electron chi connectivity index (χ1n) is 10.4. The van der Waals surface area contributed by atoms with Crippen LogP contribution in [-0.2, 0) is 12.8 Å². The van der Waals surface area contributed by atoms with Crippen LogP contribution in [0.25, 0.3) is 0 Å². The van der Waals surface area contributed by atoms with Gasteiger partial charge in [0.15, 0.2) is 0 Å². The Balaban J connectivity index is 1.35. The molecule has 1 saturated carbocycles. The van der Waals surface area contributed by atoms with Crippen molar-refractivity contribution in [3.63, 3.8) is 0 Å². The highest BCUT2D eigenvalue weighted by Crippen LogP contribution is 2.41. The van der Waals surface area contributed by atoms with Crippen molar-refractivity contribution in [2.75, 3.05) is 26.2 Å². The summed E-state index contributed by atoms with van der Waals surface area (Å²) in [4.78, 5) is 17.5. The molecule has 1 amide bonds. The highest BCUT2D eigenvalue weighted by molar-refractivity contribution is 7.14. The third kappa shape index (κ3) is 4.15. The number of amides is 1. The number of β-amino-alcohol motifs (C(OH)–C–C–N with tert-alkyl or cyclic N) is 1. The number of thiophene rings is 1. The Kier molecular flexibility index (Phi) is 5.67.